The minimum Gasteiger partial charge on any atom is -0.384 e. The van der Waals surface area contributed by atoms with Gasteiger partial charge in [0.15, 0.2) is 0 Å². The van der Waals surface area contributed by atoms with E-state index in [4.69, 9.17) is 11.1 Å². The van der Waals surface area contributed by atoms with Crippen LogP contribution in [-0.2, 0) is 0 Å². The number of nitrogens with two attached hydrogens (primary N) is 1. The molecule has 17 heavy (non-hydrogen) atoms. The van der Waals surface area contributed by atoms with Gasteiger partial charge in [-0.15, -0.1) is 0 Å². The van der Waals surface area contributed by atoms with Crippen molar-refractivity contribution in [3.63, 3.8) is 0 Å². The van der Waals surface area contributed by atoms with Gasteiger partial charge in [-0.05, 0) is 37.5 Å². The van der Waals surface area contributed by atoms with Crippen molar-refractivity contribution in [1.29, 1.82) is 5.41 Å². The molecule has 0 atom stereocenters. The minimum absolute atomic E-state index is 0.171. The Morgan fingerprint density at radius 3 is 2.41 bits per heavy atom. The van der Waals surface area contributed by atoms with Crippen LogP contribution in [0.1, 0.15) is 36.8 Å². The highest BCUT2D eigenvalue weighted by Crippen LogP contribution is 2.24. The first-order chi connectivity index (χ1) is 8.18. The molecular weight excluding hydrogens is 210 g/mol. The molecule has 1 aromatic carbocycles. The molecule has 0 unspecified atom stereocenters. The molecule has 3 nitrogen and oxygen atoms in total. The summed E-state index contributed by atoms with van der Waals surface area (Å²) in [6.07, 6.45) is 5.12. The van der Waals surface area contributed by atoms with Gasteiger partial charge in [0.05, 0.1) is 0 Å². The summed E-state index contributed by atoms with van der Waals surface area (Å²) in [5, 5.41) is 7.67. The quantitative estimate of drug-likeness (QED) is 0.607. The second-order valence-electron chi connectivity index (χ2n) is 4.84. The molecule has 1 aliphatic rings. The highest BCUT2D eigenvalue weighted by atomic mass is 15.1. The van der Waals surface area contributed by atoms with Crippen molar-refractivity contribution in [2.24, 2.45) is 5.73 Å². The Balaban J connectivity index is 2.34. The number of hydrogen-bond acceptors (Lipinski definition) is 2. The number of rotatable bonds is 2. The fourth-order valence-corrected chi connectivity index (χ4v) is 2.44. The number of hydrogen-bond donors (Lipinski definition) is 2. The van der Waals surface area contributed by atoms with Crippen LogP contribution in [0.2, 0.25) is 0 Å². The van der Waals surface area contributed by atoms with Gasteiger partial charge in [-0.3, -0.25) is 5.41 Å². The van der Waals surface area contributed by atoms with E-state index in [0.717, 1.165) is 24.3 Å². The second-order valence-corrected chi connectivity index (χ2v) is 4.84. The Kier molecular flexibility index (Phi) is 3.67. The third-order valence-electron chi connectivity index (χ3n) is 3.39. The Morgan fingerprint density at radius 2 is 1.82 bits per heavy atom. The van der Waals surface area contributed by atoms with Crippen molar-refractivity contribution in [3.8, 4) is 0 Å². The maximum atomic E-state index is 7.67. The van der Waals surface area contributed by atoms with Crippen molar-refractivity contribution in [2.45, 2.75) is 32.6 Å². The van der Waals surface area contributed by atoms with E-state index < -0.39 is 0 Å². The zero-order valence-corrected chi connectivity index (χ0v) is 10.5. The van der Waals surface area contributed by atoms with Crippen LogP contribution in [0.5, 0.6) is 0 Å². The zero-order valence-electron chi connectivity index (χ0n) is 10.5. The van der Waals surface area contributed by atoms with Gasteiger partial charge in [0.25, 0.3) is 0 Å². The Bertz CT molecular complexity index is 404. The second kappa shape index (κ2) is 5.21. The van der Waals surface area contributed by atoms with Gasteiger partial charge in [0.1, 0.15) is 5.84 Å². The van der Waals surface area contributed by atoms with E-state index in [1.165, 1.54) is 31.2 Å². The van der Waals surface area contributed by atoms with Crippen LogP contribution < -0.4 is 10.6 Å². The van der Waals surface area contributed by atoms with Crippen LogP contribution in [0.15, 0.2) is 18.2 Å². The van der Waals surface area contributed by atoms with Gasteiger partial charge >= 0.3 is 0 Å². The third kappa shape index (κ3) is 2.78. The van der Waals surface area contributed by atoms with Gasteiger partial charge in [-0.1, -0.05) is 18.9 Å². The van der Waals surface area contributed by atoms with Crippen molar-refractivity contribution in [1.82, 2.24) is 0 Å². The van der Waals surface area contributed by atoms with E-state index in [2.05, 4.69) is 17.9 Å². The van der Waals surface area contributed by atoms with E-state index in [9.17, 15) is 0 Å². The molecule has 1 heterocycles. The minimum atomic E-state index is 0.171. The van der Waals surface area contributed by atoms with Gasteiger partial charge in [0, 0.05) is 24.3 Å². The molecule has 0 aromatic heterocycles. The Labute approximate surface area is 103 Å². The van der Waals surface area contributed by atoms with E-state index in [-0.39, 0.29) is 5.84 Å². The first-order valence-corrected chi connectivity index (χ1v) is 6.38. The molecule has 0 spiro atoms. The number of nitrogens with one attached hydrogen (secondary N) is 1. The average molecular weight is 231 g/mol. The standard InChI is InChI=1S/C14H21N3/c1-11-6-7-12(14(15)16)13(10-11)17-8-4-2-3-5-9-17/h6-7,10H,2-5,8-9H2,1H3,(H3,15,16). The highest BCUT2D eigenvalue weighted by Gasteiger charge is 2.14. The van der Waals surface area contributed by atoms with E-state index in [0.29, 0.717) is 0 Å². The molecule has 0 saturated carbocycles. The lowest BCUT2D eigenvalue weighted by atomic mass is 10.1. The fraction of sp³-hybridized carbons (Fsp3) is 0.500. The largest absolute Gasteiger partial charge is 0.384 e. The third-order valence-corrected chi connectivity index (χ3v) is 3.39. The van der Waals surface area contributed by atoms with Crippen LogP contribution in [0.4, 0.5) is 5.69 Å². The number of benzene rings is 1. The SMILES string of the molecule is Cc1ccc(C(=N)N)c(N2CCCCCC2)c1. The summed E-state index contributed by atoms with van der Waals surface area (Å²) in [6, 6.07) is 6.15. The van der Waals surface area contributed by atoms with E-state index in [1.807, 2.05) is 12.1 Å². The molecule has 0 radical (unpaired) electrons. The molecule has 0 amide bonds. The maximum absolute atomic E-state index is 7.67. The van der Waals surface area contributed by atoms with Crippen LogP contribution >= 0.6 is 0 Å². The predicted molar refractivity (Wildman–Crippen MR) is 72.9 cm³/mol. The Hall–Kier alpha value is -1.51. The first kappa shape index (κ1) is 12.0. The normalized spacial score (nSPS) is 16.6. The summed E-state index contributed by atoms with van der Waals surface area (Å²) in [6.45, 7) is 4.26. The summed E-state index contributed by atoms with van der Waals surface area (Å²) in [4.78, 5) is 2.39. The number of anilines is 1. The average Bonchev–Trinajstić information content (AvgIpc) is 2.56. The van der Waals surface area contributed by atoms with Crippen LogP contribution in [-0.4, -0.2) is 18.9 Å². The van der Waals surface area contributed by atoms with Crippen molar-refractivity contribution in [2.75, 3.05) is 18.0 Å². The molecule has 1 fully saturated rings. The molecule has 3 N–H and O–H groups in total. The van der Waals surface area contributed by atoms with Gasteiger partial charge < -0.3 is 10.6 Å². The maximum Gasteiger partial charge on any atom is 0.124 e. The molecular formula is C14H21N3. The van der Waals surface area contributed by atoms with Gasteiger partial charge in [-0.2, -0.15) is 0 Å². The number of amidine groups is 1. The van der Waals surface area contributed by atoms with Crippen molar-refractivity contribution < 1.29 is 0 Å². The van der Waals surface area contributed by atoms with Crippen LogP contribution in [0.25, 0.3) is 0 Å². The first-order valence-electron chi connectivity index (χ1n) is 6.38. The molecule has 2 rings (SSSR count). The van der Waals surface area contributed by atoms with Gasteiger partial charge in [-0.25, -0.2) is 0 Å². The van der Waals surface area contributed by atoms with E-state index >= 15 is 0 Å². The smallest absolute Gasteiger partial charge is 0.124 e. The van der Waals surface area contributed by atoms with Crippen molar-refractivity contribution >= 4 is 11.5 Å². The lowest BCUT2D eigenvalue weighted by molar-refractivity contribution is 0.726. The number of aryl methyl sites for hydroxylation is 1. The van der Waals surface area contributed by atoms with Gasteiger partial charge in [0.2, 0.25) is 0 Å². The molecule has 0 bridgehead atoms. The van der Waals surface area contributed by atoms with Crippen molar-refractivity contribution in [3.05, 3.63) is 29.3 Å². The molecule has 0 aliphatic carbocycles. The summed E-state index contributed by atoms with van der Waals surface area (Å²) in [7, 11) is 0. The molecule has 3 heteroatoms. The molecule has 1 aliphatic heterocycles. The van der Waals surface area contributed by atoms with Crippen LogP contribution in [0, 0.1) is 12.3 Å². The highest BCUT2D eigenvalue weighted by molar-refractivity contribution is 6.00. The molecule has 92 valence electrons. The lowest BCUT2D eigenvalue weighted by Gasteiger charge is -2.25. The zero-order chi connectivity index (χ0) is 12.3. The van der Waals surface area contributed by atoms with E-state index in [1.54, 1.807) is 0 Å². The topological polar surface area (TPSA) is 53.1 Å². The summed E-state index contributed by atoms with van der Waals surface area (Å²) in [5.74, 6) is 0.171. The lowest BCUT2D eigenvalue weighted by Crippen LogP contribution is -2.27. The Morgan fingerprint density at radius 1 is 1.18 bits per heavy atom. The van der Waals surface area contributed by atoms with Crippen LogP contribution in [0.3, 0.4) is 0 Å². The fourth-order valence-electron chi connectivity index (χ4n) is 2.44. The summed E-state index contributed by atoms with van der Waals surface area (Å²) >= 11 is 0. The molecule has 1 saturated heterocycles. The monoisotopic (exact) mass is 231 g/mol. The predicted octanol–water partition coefficient (Wildman–Crippen LogP) is 2.66. The molecule has 1 aromatic rings. The number of nitrogens with zero attached hydrogens (tertiary/aromatic N) is 1. The summed E-state index contributed by atoms with van der Waals surface area (Å²) in [5.41, 5.74) is 8.91. The number of nitrogen functional groups attached to an aromatic ring is 1. The summed E-state index contributed by atoms with van der Waals surface area (Å²) < 4.78 is 0.